The van der Waals surface area contributed by atoms with Crippen LogP contribution in [0.2, 0.25) is 5.02 Å². The molecule has 1 nitrogen and oxygen atoms in total. The molecule has 0 spiro atoms. The smallest absolute Gasteiger partial charge is 0.0547 e. The molecule has 0 N–H and O–H groups in total. The van der Waals surface area contributed by atoms with Crippen molar-refractivity contribution in [2.75, 3.05) is 0 Å². The van der Waals surface area contributed by atoms with Crippen LogP contribution in [0.4, 0.5) is 0 Å². The van der Waals surface area contributed by atoms with E-state index in [1.807, 2.05) is 13.0 Å². The van der Waals surface area contributed by atoms with Crippen LogP contribution < -0.4 is 0 Å². The zero-order chi connectivity index (χ0) is 28.6. The molecule has 8 aromatic rings. The summed E-state index contributed by atoms with van der Waals surface area (Å²) in [5.74, 6) is 0. The predicted molar refractivity (Wildman–Crippen MR) is 185 cm³/mol. The fourth-order valence-corrected chi connectivity index (χ4v) is 7.16. The fraction of sp³-hybridized carbons (Fsp3) is 0.0256. The van der Waals surface area contributed by atoms with Gasteiger partial charge in [0.25, 0.3) is 0 Å². The zero-order valence-corrected chi connectivity index (χ0v) is 24.8. The number of aromatic nitrogens is 1. The van der Waals surface area contributed by atoms with Gasteiger partial charge in [-0.3, -0.25) is 0 Å². The Morgan fingerprint density at radius 1 is 0.548 bits per heavy atom. The zero-order valence-electron chi connectivity index (χ0n) is 23.2. The second kappa shape index (κ2) is 11.0. The number of halogens is 1. The van der Waals surface area contributed by atoms with Gasteiger partial charge in [-0.1, -0.05) is 103 Å². The molecule has 6 aromatic carbocycles. The van der Waals surface area contributed by atoms with Crippen molar-refractivity contribution in [3.8, 4) is 27.9 Å². The minimum absolute atomic E-state index is 0.777. The van der Waals surface area contributed by atoms with E-state index in [0.717, 1.165) is 10.7 Å². The first-order chi connectivity index (χ1) is 20.6. The summed E-state index contributed by atoms with van der Waals surface area (Å²) in [7, 11) is 0. The SMILES string of the molecule is C=CC.Clc1ccc2c(c1)sc1ccc(-n3c4ccc(-c5ccccc5)cc4c4ccc(-c5ccccc5)cc43)cc12. The molecule has 202 valence electrons. The number of fused-ring (bicyclic) bond motifs is 6. The van der Waals surface area contributed by atoms with Crippen LogP contribution in [0.1, 0.15) is 6.92 Å². The Hall–Kier alpha value is -4.63. The monoisotopic (exact) mass is 577 g/mol. The summed E-state index contributed by atoms with van der Waals surface area (Å²) in [6, 6.07) is 48.0. The summed E-state index contributed by atoms with van der Waals surface area (Å²) in [6.07, 6.45) is 1.75. The van der Waals surface area contributed by atoms with Gasteiger partial charge in [0, 0.05) is 41.7 Å². The molecule has 0 aliphatic carbocycles. The van der Waals surface area contributed by atoms with Gasteiger partial charge in [-0.25, -0.2) is 0 Å². The number of rotatable bonds is 3. The molecule has 2 aromatic heterocycles. The highest BCUT2D eigenvalue weighted by atomic mass is 35.5. The van der Waals surface area contributed by atoms with E-state index in [0.29, 0.717) is 0 Å². The predicted octanol–water partition coefficient (Wildman–Crippen LogP) is 12.3. The van der Waals surface area contributed by atoms with Crippen LogP contribution >= 0.6 is 22.9 Å². The number of allylic oxidation sites excluding steroid dienone is 1. The Kier molecular flexibility index (Phi) is 6.87. The molecule has 0 saturated heterocycles. The maximum Gasteiger partial charge on any atom is 0.0547 e. The van der Waals surface area contributed by atoms with E-state index in [2.05, 4.69) is 139 Å². The lowest BCUT2D eigenvalue weighted by atomic mass is 10.0. The lowest BCUT2D eigenvalue weighted by Gasteiger charge is -2.10. The second-order valence-corrected chi connectivity index (χ2v) is 11.9. The van der Waals surface area contributed by atoms with E-state index in [-0.39, 0.29) is 0 Å². The molecule has 0 aliphatic rings. The van der Waals surface area contributed by atoms with Gasteiger partial charge < -0.3 is 4.57 Å². The number of hydrogen-bond donors (Lipinski definition) is 0. The molecule has 0 unspecified atom stereocenters. The highest BCUT2D eigenvalue weighted by Gasteiger charge is 2.16. The third-order valence-corrected chi connectivity index (χ3v) is 9.02. The molecule has 0 fully saturated rings. The highest BCUT2D eigenvalue weighted by Crippen LogP contribution is 2.40. The van der Waals surface area contributed by atoms with Crippen molar-refractivity contribution in [3.63, 3.8) is 0 Å². The minimum atomic E-state index is 0.777. The van der Waals surface area contributed by atoms with E-state index < -0.39 is 0 Å². The molecule has 42 heavy (non-hydrogen) atoms. The van der Waals surface area contributed by atoms with Crippen LogP contribution in [-0.2, 0) is 0 Å². The van der Waals surface area contributed by atoms with Crippen molar-refractivity contribution in [2.24, 2.45) is 0 Å². The average molecular weight is 578 g/mol. The second-order valence-electron chi connectivity index (χ2n) is 10.4. The number of thiophene rings is 1. The molecule has 0 radical (unpaired) electrons. The quantitative estimate of drug-likeness (QED) is 0.184. The molecule has 2 heterocycles. The average Bonchev–Trinajstić information content (AvgIpc) is 3.56. The number of benzene rings is 6. The molecule has 0 atom stereocenters. The summed E-state index contributed by atoms with van der Waals surface area (Å²) >= 11 is 8.11. The maximum atomic E-state index is 6.31. The molecular formula is C39H28ClNS. The number of nitrogens with zero attached hydrogens (tertiary/aromatic N) is 1. The first-order valence-electron chi connectivity index (χ1n) is 14.0. The van der Waals surface area contributed by atoms with Gasteiger partial charge in [-0.15, -0.1) is 17.9 Å². The van der Waals surface area contributed by atoms with Crippen LogP contribution in [0.25, 0.3) is 69.9 Å². The van der Waals surface area contributed by atoms with Crippen molar-refractivity contribution in [1.82, 2.24) is 4.57 Å². The molecule has 8 rings (SSSR count). The third-order valence-electron chi connectivity index (χ3n) is 7.66. The minimum Gasteiger partial charge on any atom is -0.309 e. The van der Waals surface area contributed by atoms with Gasteiger partial charge in [0.1, 0.15) is 0 Å². The van der Waals surface area contributed by atoms with E-state index in [9.17, 15) is 0 Å². The van der Waals surface area contributed by atoms with E-state index in [4.69, 9.17) is 11.6 Å². The lowest BCUT2D eigenvalue weighted by Crippen LogP contribution is -1.94. The Morgan fingerprint density at radius 3 is 1.90 bits per heavy atom. The molecular weight excluding hydrogens is 550 g/mol. The van der Waals surface area contributed by atoms with E-state index in [1.54, 1.807) is 17.4 Å². The van der Waals surface area contributed by atoms with Crippen molar-refractivity contribution >= 4 is 64.9 Å². The van der Waals surface area contributed by atoms with Crippen molar-refractivity contribution in [2.45, 2.75) is 6.92 Å². The van der Waals surface area contributed by atoms with Gasteiger partial charge in [-0.2, -0.15) is 0 Å². The highest BCUT2D eigenvalue weighted by molar-refractivity contribution is 7.25. The Bertz CT molecular complexity index is 2220. The molecule has 0 aliphatic heterocycles. The number of hydrogen-bond acceptors (Lipinski definition) is 1. The molecule has 0 amide bonds. The van der Waals surface area contributed by atoms with E-state index >= 15 is 0 Å². The van der Waals surface area contributed by atoms with E-state index in [1.165, 1.54) is 64.2 Å². The van der Waals surface area contributed by atoms with Crippen LogP contribution in [0.3, 0.4) is 0 Å². The van der Waals surface area contributed by atoms with Crippen molar-refractivity contribution in [3.05, 3.63) is 151 Å². The summed E-state index contributed by atoms with van der Waals surface area (Å²) in [6.45, 7) is 5.25. The molecule has 0 saturated carbocycles. The van der Waals surface area contributed by atoms with Crippen LogP contribution in [0.5, 0.6) is 0 Å². The van der Waals surface area contributed by atoms with Crippen molar-refractivity contribution in [1.29, 1.82) is 0 Å². The Balaban J connectivity index is 0.000000923. The van der Waals surface area contributed by atoms with Gasteiger partial charge >= 0.3 is 0 Å². The van der Waals surface area contributed by atoms with Gasteiger partial charge in [0.05, 0.1) is 11.0 Å². The fourth-order valence-electron chi connectivity index (χ4n) is 5.80. The van der Waals surface area contributed by atoms with Crippen molar-refractivity contribution < 1.29 is 0 Å². The summed E-state index contributed by atoms with van der Waals surface area (Å²) < 4.78 is 4.91. The van der Waals surface area contributed by atoms with Crippen LogP contribution in [-0.4, -0.2) is 4.57 Å². The standard InChI is InChI=1S/C36H22ClNS.C3H6/c37-27-13-16-30-32-22-28(14-18-35(32)39-36(30)21-27)38-33-17-12-25(23-7-3-1-4-8-23)19-31(33)29-15-11-26(20-34(29)38)24-9-5-2-6-10-24;1-3-2/h1-22H;3H,1H2,2H3. The maximum absolute atomic E-state index is 6.31. The van der Waals surface area contributed by atoms with Crippen LogP contribution in [0, 0.1) is 0 Å². The largest absolute Gasteiger partial charge is 0.309 e. The lowest BCUT2D eigenvalue weighted by molar-refractivity contribution is 1.19. The Labute approximate surface area is 254 Å². The molecule has 3 heteroatoms. The third kappa shape index (κ3) is 4.59. The van der Waals surface area contributed by atoms with Gasteiger partial charge in [-0.05, 0) is 77.7 Å². The summed E-state index contributed by atoms with van der Waals surface area (Å²) in [5.41, 5.74) is 8.46. The van der Waals surface area contributed by atoms with Gasteiger partial charge in [0.2, 0.25) is 0 Å². The topological polar surface area (TPSA) is 4.93 Å². The first-order valence-corrected chi connectivity index (χ1v) is 15.2. The summed E-state index contributed by atoms with van der Waals surface area (Å²) in [5, 5.41) is 5.80. The van der Waals surface area contributed by atoms with Gasteiger partial charge in [0.15, 0.2) is 0 Å². The summed E-state index contributed by atoms with van der Waals surface area (Å²) in [4.78, 5) is 0. The first kappa shape index (κ1) is 26.3. The normalized spacial score (nSPS) is 11.2. The van der Waals surface area contributed by atoms with Crippen LogP contribution in [0.15, 0.2) is 146 Å². The molecule has 0 bridgehead atoms. The Morgan fingerprint density at radius 2 is 1.19 bits per heavy atom.